The monoisotopic (exact) mass is 455 g/mol. The summed E-state index contributed by atoms with van der Waals surface area (Å²) in [4.78, 5) is 9.42. The van der Waals surface area contributed by atoms with E-state index in [1.807, 2.05) is 0 Å². The first-order chi connectivity index (χ1) is 11.3. The molecule has 2 heterocycles. The van der Waals surface area contributed by atoms with Crippen molar-refractivity contribution in [2.24, 2.45) is 4.99 Å². The van der Waals surface area contributed by atoms with Crippen LogP contribution in [0.2, 0.25) is 0 Å². The number of hydrogen-bond donors (Lipinski definition) is 2. The topological polar surface area (TPSA) is 61.4 Å². The zero-order chi connectivity index (χ0) is 16.3. The lowest BCUT2D eigenvalue weighted by Crippen LogP contribution is -2.43. The van der Waals surface area contributed by atoms with Gasteiger partial charge in [0.1, 0.15) is 0 Å². The van der Waals surface area contributed by atoms with Crippen molar-refractivity contribution >= 4 is 29.9 Å². The largest absolute Gasteiger partial charge is 0.379 e. The number of morpholine rings is 2. The van der Waals surface area contributed by atoms with Crippen molar-refractivity contribution < 1.29 is 9.47 Å². The van der Waals surface area contributed by atoms with Gasteiger partial charge in [-0.05, 0) is 26.9 Å². The van der Waals surface area contributed by atoms with Crippen molar-refractivity contribution in [3.63, 3.8) is 0 Å². The fourth-order valence-corrected chi connectivity index (χ4v) is 2.85. The normalized spacial score (nSPS) is 23.6. The highest BCUT2D eigenvalue weighted by Gasteiger charge is 2.17. The van der Waals surface area contributed by atoms with Crippen molar-refractivity contribution in [1.29, 1.82) is 0 Å². The van der Waals surface area contributed by atoms with Gasteiger partial charge in [0.25, 0.3) is 0 Å². The van der Waals surface area contributed by atoms with Gasteiger partial charge < -0.3 is 25.0 Å². The fourth-order valence-electron chi connectivity index (χ4n) is 2.85. The minimum absolute atomic E-state index is 0. The molecule has 0 aliphatic carbocycles. The molecule has 0 amide bonds. The Bertz CT molecular complexity index is 353. The first-order valence-electron chi connectivity index (χ1n) is 8.90. The van der Waals surface area contributed by atoms with E-state index in [9.17, 15) is 0 Å². The van der Waals surface area contributed by atoms with Gasteiger partial charge in [0.15, 0.2) is 5.96 Å². The van der Waals surface area contributed by atoms with E-state index in [1.165, 1.54) is 0 Å². The highest BCUT2D eigenvalue weighted by molar-refractivity contribution is 14.0. The minimum atomic E-state index is 0. The van der Waals surface area contributed by atoms with Crippen LogP contribution in [-0.2, 0) is 9.47 Å². The zero-order valence-electron chi connectivity index (χ0n) is 15.1. The molecule has 2 N–H and O–H groups in total. The molecule has 7 nitrogen and oxygen atoms in total. The van der Waals surface area contributed by atoms with Gasteiger partial charge in [-0.25, -0.2) is 0 Å². The number of likely N-dealkylation sites (N-methyl/N-ethyl adjacent to an activating group) is 1. The SMILES string of the molecule is CCNC(=NCC1CN(C)CCO1)NCCCN1CCOCC1.I. The summed E-state index contributed by atoms with van der Waals surface area (Å²) in [5, 5.41) is 6.73. The van der Waals surface area contributed by atoms with Crippen LogP contribution in [0.15, 0.2) is 4.99 Å². The molecule has 0 saturated carbocycles. The van der Waals surface area contributed by atoms with Crippen molar-refractivity contribution in [1.82, 2.24) is 20.4 Å². The summed E-state index contributed by atoms with van der Waals surface area (Å²) >= 11 is 0. The molecule has 142 valence electrons. The molecule has 24 heavy (non-hydrogen) atoms. The molecule has 2 aliphatic heterocycles. The molecular weight excluding hydrogens is 421 g/mol. The van der Waals surface area contributed by atoms with Gasteiger partial charge in [0, 0.05) is 39.3 Å². The molecule has 0 aromatic heterocycles. The van der Waals surface area contributed by atoms with E-state index in [0.29, 0.717) is 6.54 Å². The van der Waals surface area contributed by atoms with E-state index in [2.05, 4.69) is 39.4 Å². The van der Waals surface area contributed by atoms with Gasteiger partial charge in [-0.15, -0.1) is 24.0 Å². The van der Waals surface area contributed by atoms with Crippen LogP contribution in [0.25, 0.3) is 0 Å². The summed E-state index contributed by atoms with van der Waals surface area (Å²) in [7, 11) is 2.13. The molecule has 0 bridgehead atoms. The molecule has 0 radical (unpaired) electrons. The maximum Gasteiger partial charge on any atom is 0.191 e. The smallest absolute Gasteiger partial charge is 0.191 e. The molecule has 0 aromatic rings. The molecule has 2 aliphatic rings. The quantitative estimate of drug-likeness (QED) is 0.248. The summed E-state index contributed by atoms with van der Waals surface area (Å²) < 4.78 is 11.1. The Labute approximate surface area is 163 Å². The van der Waals surface area contributed by atoms with Crippen LogP contribution < -0.4 is 10.6 Å². The zero-order valence-corrected chi connectivity index (χ0v) is 17.5. The van der Waals surface area contributed by atoms with Crippen molar-refractivity contribution in [2.45, 2.75) is 19.4 Å². The van der Waals surface area contributed by atoms with E-state index < -0.39 is 0 Å². The number of aliphatic imine (C=N–C) groups is 1. The standard InChI is InChI=1S/C16H33N5O2.HI/c1-3-17-16(19-13-15-14-20(2)7-12-23-15)18-5-4-6-21-8-10-22-11-9-21;/h15H,3-14H2,1-2H3,(H2,17,18,19);1H. The third-order valence-electron chi connectivity index (χ3n) is 4.19. The molecule has 1 unspecified atom stereocenters. The number of nitrogens with zero attached hydrogens (tertiary/aromatic N) is 3. The number of guanidine groups is 1. The van der Waals surface area contributed by atoms with Crippen molar-refractivity contribution in [2.75, 3.05) is 79.2 Å². The molecule has 2 saturated heterocycles. The van der Waals surface area contributed by atoms with Crippen LogP contribution in [0.1, 0.15) is 13.3 Å². The molecule has 0 aromatic carbocycles. The lowest BCUT2D eigenvalue weighted by molar-refractivity contribution is -0.0136. The second-order valence-corrected chi connectivity index (χ2v) is 6.21. The predicted molar refractivity (Wildman–Crippen MR) is 109 cm³/mol. The van der Waals surface area contributed by atoms with Crippen LogP contribution in [0, 0.1) is 0 Å². The molecule has 2 rings (SSSR count). The number of rotatable bonds is 7. The maximum atomic E-state index is 5.76. The summed E-state index contributed by atoms with van der Waals surface area (Å²) in [5.41, 5.74) is 0. The van der Waals surface area contributed by atoms with Crippen molar-refractivity contribution in [3.8, 4) is 0 Å². The second kappa shape index (κ2) is 13.1. The van der Waals surface area contributed by atoms with Gasteiger partial charge in [0.05, 0.1) is 32.5 Å². The maximum absolute atomic E-state index is 5.76. The Morgan fingerprint density at radius 1 is 1.17 bits per heavy atom. The molecule has 2 fully saturated rings. The number of halogens is 1. The lowest BCUT2D eigenvalue weighted by Gasteiger charge is -2.29. The van der Waals surface area contributed by atoms with E-state index in [-0.39, 0.29) is 30.1 Å². The van der Waals surface area contributed by atoms with Crippen LogP contribution in [-0.4, -0.2) is 101 Å². The van der Waals surface area contributed by atoms with Gasteiger partial charge in [-0.2, -0.15) is 0 Å². The van der Waals surface area contributed by atoms with Gasteiger partial charge >= 0.3 is 0 Å². The third-order valence-corrected chi connectivity index (χ3v) is 4.19. The highest BCUT2D eigenvalue weighted by Crippen LogP contribution is 2.03. The molecular formula is C16H34IN5O2. The van der Waals surface area contributed by atoms with Gasteiger partial charge in [-0.1, -0.05) is 0 Å². The second-order valence-electron chi connectivity index (χ2n) is 6.21. The molecule has 0 spiro atoms. The van der Waals surface area contributed by atoms with Crippen LogP contribution in [0.3, 0.4) is 0 Å². The number of nitrogens with one attached hydrogen (secondary N) is 2. The number of hydrogen-bond acceptors (Lipinski definition) is 5. The lowest BCUT2D eigenvalue weighted by atomic mass is 10.3. The average Bonchev–Trinajstić information content (AvgIpc) is 2.57. The van der Waals surface area contributed by atoms with Gasteiger partial charge in [-0.3, -0.25) is 9.89 Å². The molecule has 8 heteroatoms. The Kier molecular flexibility index (Phi) is 11.9. The highest BCUT2D eigenvalue weighted by atomic mass is 127. The van der Waals surface area contributed by atoms with E-state index in [1.54, 1.807) is 0 Å². The van der Waals surface area contributed by atoms with E-state index in [4.69, 9.17) is 9.47 Å². The Morgan fingerprint density at radius 3 is 2.67 bits per heavy atom. The van der Waals surface area contributed by atoms with E-state index in [0.717, 1.165) is 78.0 Å². The minimum Gasteiger partial charge on any atom is -0.379 e. The number of ether oxygens (including phenoxy) is 2. The van der Waals surface area contributed by atoms with E-state index >= 15 is 0 Å². The molecule has 1 atom stereocenters. The van der Waals surface area contributed by atoms with Crippen LogP contribution >= 0.6 is 24.0 Å². The summed E-state index contributed by atoms with van der Waals surface area (Å²) in [6.07, 6.45) is 1.32. The predicted octanol–water partition coefficient (Wildman–Crippen LogP) is 0.212. The van der Waals surface area contributed by atoms with Crippen LogP contribution in [0.5, 0.6) is 0 Å². The third kappa shape index (κ3) is 8.80. The Morgan fingerprint density at radius 2 is 1.96 bits per heavy atom. The van der Waals surface area contributed by atoms with Crippen molar-refractivity contribution in [3.05, 3.63) is 0 Å². The Balaban J connectivity index is 0.00000288. The Hall–Kier alpha value is -0.160. The summed E-state index contributed by atoms with van der Waals surface area (Å²) in [6, 6.07) is 0. The van der Waals surface area contributed by atoms with Crippen LogP contribution in [0.4, 0.5) is 0 Å². The fraction of sp³-hybridized carbons (Fsp3) is 0.938. The summed E-state index contributed by atoms with van der Waals surface area (Å²) in [6.45, 7) is 12.4. The summed E-state index contributed by atoms with van der Waals surface area (Å²) in [5.74, 6) is 0.895. The first-order valence-corrected chi connectivity index (χ1v) is 8.90. The average molecular weight is 455 g/mol. The first kappa shape index (κ1) is 21.9. The van der Waals surface area contributed by atoms with Gasteiger partial charge in [0.2, 0.25) is 0 Å².